The van der Waals surface area contributed by atoms with Crippen LogP contribution in [0.5, 0.6) is 0 Å². The molecule has 31 heteroatoms. The van der Waals surface area contributed by atoms with Crippen molar-refractivity contribution in [2.75, 3.05) is 31.9 Å². The zero-order valence-electron chi connectivity index (χ0n) is 85.8. The van der Waals surface area contributed by atoms with E-state index in [0.29, 0.717) is 28.8 Å². The molecule has 150 heavy (non-hydrogen) atoms. The number of aryl methyl sites for hydroxylation is 13. The average Bonchev–Trinajstić information content (AvgIpc) is 1.66. The highest BCUT2D eigenvalue weighted by Gasteiger charge is 2.32. The Morgan fingerprint density at radius 1 is 0.253 bits per heavy atom. The summed E-state index contributed by atoms with van der Waals surface area (Å²) in [7, 11) is 0. The van der Waals surface area contributed by atoms with Crippen LogP contribution in [0.1, 0.15) is 254 Å². The van der Waals surface area contributed by atoms with E-state index in [9.17, 15) is 50.7 Å². The first-order valence-electron chi connectivity index (χ1n) is 51.2. The lowest BCUT2D eigenvalue weighted by Gasteiger charge is -2.11. The fourth-order valence-electron chi connectivity index (χ4n) is 20.1. The Labute approximate surface area is 866 Å². The van der Waals surface area contributed by atoms with Gasteiger partial charge in [0.05, 0.1) is 36.0 Å². The first kappa shape index (κ1) is 105. The summed E-state index contributed by atoms with van der Waals surface area (Å²) >= 11 is 0. The number of amides is 6. The van der Waals surface area contributed by atoms with Crippen molar-refractivity contribution >= 4 is 70.4 Å². The number of carbonyl (C=O) groups is 6. The molecule has 13 aromatic heterocycles. The fourth-order valence-corrected chi connectivity index (χ4v) is 20.1. The van der Waals surface area contributed by atoms with Crippen molar-refractivity contribution in [3.8, 4) is 66.9 Å². The highest BCUT2D eigenvalue weighted by atomic mass is 19.1. The SMILES string of the molecule is Cc1ccccc1C(=O)Nc1ccc(-c2c(C)oc3c2CCCC3)cn1.Cc1oc2c(c1-c1ccc(NC(=O)C(C)C)nc1)CCCC2.Cc1oc2c(c1-c1ccc(NC(=O)c3c(F)cccc3F)nc1)CCCC2.Cc1oc2c(c1-c1ccc(NC(=O)c3c(F)cncc3F)nc1)CCCC2.Cc1oc2c(c1-c1ccc(NC(=O)c3ccccc3F)nc1)CCCC2.Cc1oc2c(c1-c1cnc(NC(=O)C(C)C)cn1)CCCC2. The van der Waals surface area contributed by atoms with Gasteiger partial charge in [-0.1, -0.05) is 64.1 Å². The molecule has 0 radical (unpaired) electrons. The van der Waals surface area contributed by atoms with E-state index in [1.807, 2.05) is 155 Å². The molecule has 0 unspecified atom stereocenters. The lowest BCUT2D eigenvalue weighted by molar-refractivity contribution is -0.119. The maximum Gasteiger partial charge on any atom is 0.262 e. The third-order valence-corrected chi connectivity index (χ3v) is 27.5. The molecule has 0 fully saturated rings. The van der Waals surface area contributed by atoms with Crippen molar-refractivity contribution in [1.29, 1.82) is 0 Å². The van der Waals surface area contributed by atoms with Crippen molar-refractivity contribution in [2.45, 2.75) is 230 Å². The molecule has 0 aliphatic heterocycles. The molecule has 6 amide bonds. The van der Waals surface area contributed by atoms with E-state index in [-0.39, 0.29) is 46.8 Å². The summed E-state index contributed by atoms with van der Waals surface area (Å²) in [5.74, 6) is 7.33. The highest BCUT2D eigenvalue weighted by Crippen LogP contribution is 2.44. The molecular formula is C119H119F5N14O12. The smallest absolute Gasteiger partial charge is 0.262 e. The van der Waals surface area contributed by atoms with Gasteiger partial charge in [0, 0.05) is 181 Å². The normalized spacial score (nSPS) is 13.5. The van der Waals surface area contributed by atoms with Crippen LogP contribution in [0.3, 0.4) is 0 Å². The molecule has 6 aliphatic carbocycles. The number of aromatic nitrogens is 8. The monoisotopic (exact) mass is 2030 g/mol. The van der Waals surface area contributed by atoms with E-state index in [1.165, 1.54) is 114 Å². The number of nitrogens with zero attached hydrogens (tertiary/aromatic N) is 8. The Morgan fingerprint density at radius 3 is 0.827 bits per heavy atom. The molecule has 0 atom stereocenters. The van der Waals surface area contributed by atoms with Crippen molar-refractivity contribution in [3.63, 3.8) is 0 Å². The second-order valence-electron chi connectivity index (χ2n) is 38.8. The van der Waals surface area contributed by atoms with Crippen LogP contribution in [-0.4, -0.2) is 75.3 Å². The molecule has 3 aromatic carbocycles. The van der Waals surface area contributed by atoms with Crippen LogP contribution in [0.4, 0.5) is 56.9 Å². The van der Waals surface area contributed by atoms with Gasteiger partial charge in [0.2, 0.25) is 11.8 Å². The molecule has 6 N–H and O–H groups in total. The average molecular weight is 2030 g/mol. The zero-order chi connectivity index (χ0) is 106. The standard InChI is InChI=1S/C22H22N2O2.C21H18F2N2O2.C21H19FN2O2.C20H17F2N3O2.C18H22N2O2.C17H21N3O2/c1-14-7-3-4-8-17(14)22(25)24-20-12-11-16(13-23-20)21-15(2)26-19-10-6-5-9-18(19)21;1-12-19(14-5-2-3-8-17(14)27-12)13-9-10-18(24-11-13)25-21(26)20-15(22)6-4-7-16(20)23;1-13-20(16-7-3-5-9-18(16)26-13)14-10-11-19(23-12-14)24-21(25)15-6-2-4-8-17(15)22;1-11-18(13-4-2-3-5-16(13)27-11)12-6-7-17(24-8-12)25-20(26)19-14(21)9-23-10-15(19)22;1-11(2)18(21)20-16-9-8-13(10-19-16)17-12(3)22-15-7-5-4-6-14(15)17;1-10(2)17(21)20-15-9-18-13(8-19-15)16-11(3)22-14-7-5-4-6-12(14)16/h3-4,7-8,11-13H,5-6,9-10H2,1-2H3,(H,23,24,25);4,6-7,9-11H,2-3,5,8H2,1H3,(H,24,25,26);2,4,6,8,10-12H,3,5,7,9H2,1H3,(H,23,24,25);6-10H,2-5H2,1H3,(H,24,25,26);8-11H,4-7H2,1-3H3,(H,19,20,21);8-10H,4-7H2,1-3H3,(H,19,20,21). The van der Waals surface area contributed by atoms with Crippen LogP contribution >= 0.6 is 0 Å². The number of halogens is 5. The Balaban J connectivity index is 0.000000123. The lowest BCUT2D eigenvalue weighted by atomic mass is 9.92. The van der Waals surface area contributed by atoms with Crippen LogP contribution < -0.4 is 31.9 Å². The van der Waals surface area contributed by atoms with Crippen LogP contribution in [0.2, 0.25) is 0 Å². The van der Waals surface area contributed by atoms with Crippen LogP contribution in [0, 0.1) is 89.4 Å². The van der Waals surface area contributed by atoms with Gasteiger partial charge in [-0.15, -0.1) is 0 Å². The number of hydrogen-bond donors (Lipinski definition) is 6. The fraction of sp³-hybridized carbons (Fsp3) is 0.311. The number of hydrogen-bond acceptors (Lipinski definition) is 20. The van der Waals surface area contributed by atoms with Crippen molar-refractivity contribution in [1.82, 2.24) is 39.9 Å². The van der Waals surface area contributed by atoms with Crippen LogP contribution in [-0.2, 0) is 86.6 Å². The Hall–Kier alpha value is -16.2. The maximum atomic E-state index is 13.7. The first-order valence-corrected chi connectivity index (χ1v) is 51.2. The number of fused-ring (bicyclic) bond motifs is 6. The quantitative estimate of drug-likeness (QED) is 0.0435. The number of carbonyl (C=O) groups excluding carboxylic acids is 6. The molecule has 0 spiro atoms. The molecule has 26 nitrogen and oxygen atoms in total. The Bertz CT molecular complexity index is 7120. The molecule has 6 aliphatic rings. The number of nitrogens with one attached hydrogen (secondary N) is 6. The predicted molar refractivity (Wildman–Crippen MR) is 565 cm³/mol. The van der Waals surface area contributed by atoms with Gasteiger partial charge in [0.25, 0.3) is 23.6 Å². The van der Waals surface area contributed by atoms with Gasteiger partial charge in [-0.25, -0.2) is 51.9 Å². The Kier molecular flexibility index (Phi) is 33.5. The van der Waals surface area contributed by atoms with Gasteiger partial charge in [-0.2, -0.15) is 0 Å². The van der Waals surface area contributed by atoms with E-state index < -0.39 is 57.9 Å². The molecule has 16 aromatic rings. The van der Waals surface area contributed by atoms with Gasteiger partial charge in [-0.05, 0) is 261 Å². The van der Waals surface area contributed by atoms with E-state index in [4.69, 9.17) is 26.5 Å². The van der Waals surface area contributed by atoms with Crippen molar-refractivity contribution in [3.05, 3.63) is 343 Å². The van der Waals surface area contributed by atoms with Crippen LogP contribution in [0.25, 0.3) is 66.9 Å². The number of anilines is 6. The predicted octanol–water partition coefficient (Wildman–Crippen LogP) is 27.2. The summed E-state index contributed by atoms with van der Waals surface area (Å²) in [5.41, 5.74) is 20.3. The van der Waals surface area contributed by atoms with E-state index >= 15 is 0 Å². The molecular weight excluding hydrogens is 1910 g/mol. The van der Waals surface area contributed by atoms with Gasteiger partial charge in [0.1, 0.15) is 127 Å². The minimum Gasteiger partial charge on any atom is -0.465 e. The summed E-state index contributed by atoms with van der Waals surface area (Å²) in [5, 5.41) is 15.9. The maximum absolute atomic E-state index is 13.7. The third-order valence-electron chi connectivity index (χ3n) is 27.5. The van der Waals surface area contributed by atoms with E-state index in [2.05, 4.69) is 71.8 Å². The number of furan rings is 6. The number of rotatable bonds is 18. The first-order chi connectivity index (χ1) is 72.5. The van der Waals surface area contributed by atoms with Crippen LogP contribution in [0.15, 0.2) is 210 Å². The molecule has 772 valence electrons. The molecule has 0 bridgehead atoms. The topological polar surface area (TPSA) is 357 Å². The summed E-state index contributed by atoms with van der Waals surface area (Å²) < 4.78 is 104. The zero-order valence-corrected chi connectivity index (χ0v) is 85.8. The Morgan fingerprint density at radius 2 is 0.520 bits per heavy atom. The van der Waals surface area contributed by atoms with Gasteiger partial charge in [-0.3, -0.25) is 38.7 Å². The van der Waals surface area contributed by atoms with Gasteiger partial charge >= 0.3 is 0 Å². The minimum absolute atomic E-state index is 0.00174. The van der Waals surface area contributed by atoms with Crippen molar-refractivity contribution < 1.29 is 77.2 Å². The number of benzene rings is 3. The second-order valence-corrected chi connectivity index (χ2v) is 38.8. The summed E-state index contributed by atoms with van der Waals surface area (Å²) in [6, 6.07) is 34.9. The summed E-state index contributed by atoms with van der Waals surface area (Å²) in [4.78, 5) is 106. The largest absolute Gasteiger partial charge is 0.465 e. The summed E-state index contributed by atoms with van der Waals surface area (Å²) in [6.45, 7) is 21.2. The lowest BCUT2D eigenvalue weighted by Crippen LogP contribution is -2.18. The van der Waals surface area contributed by atoms with E-state index in [1.54, 1.807) is 61.3 Å². The second kappa shape index (κ2) is 47.7. The van der Waals surface area contributed by atoms with Gasteiger partial charge < -0.3 is 58.4 Å². The third kappa shape index (κ3) is 24.4. The van der Waals surface area contributed by atoms with Crippen molar-refractivity contribution in [2.24, 2.45) is 11.8 Å². The van der Waals surface area contributed by atoms with E-state index in [0.717, 1.165) is 258 Å². The minimum atomic E-state index is -1.02. The molecule has 0 saturated heterocycles. The van der Waals surface area contributed by atoms with Gasteiger partial charge in [0.15, 0.2) is 17.5 Å². The highest BCUT2D eigenvalue weighted by molar-refractivity contribution is 6.07. The molecule has 13 heterocycles. The number of pyridine rings is 6. The summed E-state index contributed by atoms with van der Waals surface area (Å²) in [6.07, 6.45) is 39.7. The molecule has 0 saturated carbocycles. The molecule has 22 rings (SSSR count).